The second kappa shape index (κ2) is 3.32. The average Bonchev–Trinajstić information content (AvgIpc) is 1.88. The van der Waals surface area contributed by atoms with Crippen LogP contribution in [0.1, 0.15) is 12.5 Å². The zero-order chi connectivity index (χ0) is 7.40. The summed E-state index contributed by atoms with van der Waals surface area (Å²) in [6.07, 6.45) is 3.92. The molecule has 54 valence electrons. The molecule has 2 nitrogen and oxygen atoms in total. The van der Waals surface area contributed by atoms with Crippen molar-refractivity contribution in [2.75, 3.05) is 0 Å². The molecule has 10 heavy (non-hydrogen) atoms. The summed E-state index contributed by atoms with van der Waals surface area (Å²) in [6.45, 7) is 1.78. The van der Waals surface area contributed by atoms with Gasteiger partial charge in [0.05, 0.1) is 6.10 Å². The molecule has 0 saturated carbocycles. The molecular formula is C8H11NO. The molecule has 0 bridgehead atoms. The molecule has 0 radical (unpaired) electrons. The molecule has 0 aliphatic rings. The Balaban J connectivity index is 2.59. The maximum Gasteiger partial charge on any atom is 0.0552 e. The molecule has 1 aromatic heterocycles. The fraction of sp³-hybridized carbons (Fsp3) is 0.375. The fourth-order valence-corrected chi connectivity index (χ4v) is 0.860. The molecule has 2 heteroatoms. The predicted molar refractivity (Wildman–Crippen MR) is 39.6 cm³/mol. The van der Waals surface area contributed by atoms with Gasteiger partial charge in [-0.25, -0.2) is 0 Å². The van der Waals surface area contributed by atoms with Gasteiger partial charge in [-0.05, 0) is 31.0 Å². The number of aliphatic hydroxyl groups excluding tert-OH is 1. The van der Waals surface area contributed by atoms with Gasteiger partial charge in [-0.15, -0.1) is 0 Å². The van der Waals surface area contributed by atoms with Crippen LogP contribution in [0.2, 0.25) is 0 Å². The van der Waals surface area contributed by atoms with E-state index in [4.69, 9.17) is 5.11 Å². The van der Waals surface area contributed by atoms with Gasteiger partial charge in [0.15, 0.2) is 0 Å². The number of nitrogens with zero attached hydrogens (tertiary/aromatic N) is 1. The van der Waals surface area contributed by atoms with Crippen molar-refractivity contribution in [3.8, 4) is 0 Å². The van der Waals surface area contributed by atoms with Crippen molar-refractivity contribution < 1.29 is 5.11 Å². The molecule has 1 N–H and O–H groups in total. The van der Waals surface area contributed by atoms with Gasteiger partial charge in [-0.1, -0.05) is 0 Å². The summed E-state index contributed by atoms with van der Waals surface area (Å²) in [7, 11) is 0. The van der Waals surface area contributed by atoms with E-state index in [1.165, 1.54) is 0 Å². The second-order valence-corrected chi connectivity index (χ2v) is 2.41. The Morgan fingerprint density at radius 2 is 2.10 bits per heavy atom. The van der Waals surface area contributed by atoms with Gasteiger partial charge in [0.1, 0.15) is 0 Å². The number of rotatable bonds is 2. The summed E-state index contributed by atoms with van der Waals surface area (Å²) < 4.78 is 0. The molecule has 1 rings (SSSR count). The van der Waals surface area contributed by atoms with E-state index in [9.17, 15) is 0 Å². The number of aromatic nitrogens is 1. The van der Waals surface area contributed by atoms with Crippen LogP contribution in [0.15, 0.2) is 24.5 Å². The van der Waals surface area contributed by atoms with Gasteiger partial charge in [0.25, 0.3) is 0 Å². The van der Waals surface area contributed by atoms with Crippen LogP contribution in [0.3, 0.4) is 0 Å². The second-order valence-electron chi connectivity index (χ2n) is 2.41. The van der Waals surface area contributed by atoms with Gasteiger partial charge < -0.3 is 5.11 Å². The molecule has 0 spiro atoms. The van der Waals surface area contributed by atoms with Gasteiger partial charge in [-0.2, -0.15) is 0 Å². The summed E-state index contributed by atoms with van der Waals surface area (Å²) in [4.78, 5) is 3.87. The predicted octanol–water partition coefficient (Wildman–Crippen LogP) is 1.00. The summed E-state index contributed by atoms with van der Waals surface area (Å²) in [5.41, 5.74) is 1.13. The topological polar surface area (TPSA) is 33.1 Å². The quantitative estimate of drug-likeness (QED) is 0.659. The van der Waals surface area contributed by atoms with Crippen LogP contribution in [0.25, 0.3) is 0 Å². The monoisotopic (exact) mass is 137 g/mol. The molecular weight excluding hydrogens is 126 g/mol. The number of hydrogen-bond acceptors (Lipinski definition) is 2. The molecule has 0 fully saturated rings. The molecule has 0 aliphatic carbocycles. The third kappa shape index (κ3) is 2.15. The third-order valence-corrected chi connectivity index (χ3v) is 1.28. The lowest BCUT2D eigenvalue weighted by molar-refractivity contribution is 0.195. The highest BCUT2D eigenvalue weighted by molar-refractivity contribution is 5.10. The van der Waals surface area contributed by atoms with E-state index in [2.05, 4.69) is 4.98 Å². The first kappa shape index (κ1) is 7.22. The van der Waals surface area contributed by atoms with Crippen LogP contribution in [0.5, 0.6) is 0 Å². The van der Waals surface area contributed by atoms with Crippen molar-refractivity contribution >= 4 is 0 Å². The minimum absolute atomic E-state index is 0.262. The van der Waals surface area contributed by atoms with Gasteiger partial charge in [-0.3, -0.25) is 4.98 Å². The largest absolute Gasteiger partial charge is 0.393 e. The first-order chi connectivity index (χ1) is 4.79. The summed E-state index contributed by atoms with van der Waals surface area (Å²) >= 11 is 0. The Morgan fingerprint density at radius 1 is 1.50 bits per heavy atom. The smallest absolute Gasteiger partial charge is 0.0552 e. The van der Waals surface area contributed by atoms with Crippen LogP contribution in [0.4, 0.5) is 0 Å². The van der Waals surface area contributed by atoms with Crippen LogP contribution < -0.4 is 0 Å². The van der Waals surface area contributed by atoms with Crippen molar-refractivity contribution in [2.45, 2.75) is 19.4 Å². The van der Waals surface area contributed by atoms with Crippen molar-refractivity contribution in [3.63, 3.8) is 0 Å². The molecule has 0 aliphatic heterocycles. The van der Waals surface area contributed by atoms with Crippen LogP contribution in [-0.2, 0) is 6.42 Å². The summed E-state index contributed by atoms with van der Waals surface area (Å²) in [5, 5.41) is 8.99. The molecule has 0 saturated heterocycles. The normalized spacial score (nSPS) is 13.0. The Labute approximate surface area is 60.5 Å². The molecule has 0 aromatic carbocycles. The Bertz CT molecular complexity index is 184. The van der Waals surface area contributed by atoms with Crippen molar-refractivity contribution in [2.24, 2.45) is 0 Å². The Kier molecular flexibility index (Phi) is 2.40. The zero-order valence-corrected chi connectivity index (χ0v) is 5.99. The lowest BCUT2D eigenvalue weighted by atomic mass is 10.1. The van der Waals surface area contributed by atoms with Crippen LogP contribution in [-0.4, -0.2) is 16.2 Å². The van der Waals surface area contributed by atoms with Gasteiger partial charge >= 0.3 is 0 Å². The fourth-order valence-electron chi connectivity index (χ4n) is 0.860. The van der Waals surface area contributed by atoms with Crippen molar-refractivity contribution in [3.05, 3.63) is 30.1 Å². The van der Waals surface area contributed by atoms with E-state index in [1.54, 1.807) is 19.3 Å². The van der Waals surface area contributed by atoms with E-state index < -0.39 is 0 Å². The summed E-state index contributed by atoms with van der Waals surface area (Å²) in [5.74, 6) is 0. The minimum Gasteiger partial charge on any atom is -0.393 e. The van der Waals surface area contributed by atoms with E-state index in [0.29, 0.717) is 6.42 Å². The van der Waals surface area contributed by atoms with Crippen LogP contribution >= 0.6 is 0 Å². The molecule has 1 heterocycles. The third-order valence-electron chi connectivity index (χ3n) is 1.28. The number of aliphatic hydroxyl groups is 1. The van der Waals surface area contributed by atoms with Gasteiger partial charge in [0, 0.05) is 12.4 Å². The first-order valence-electron chi connectivity index (χ1n) is 3.36. The van der Waals surface area contributed by atoms with Crippen molar-refractivity contribution in [1.82, 2.24) is 4.98 Å². The first-order valence-corrected chi connectivity index (χ1v) is 3.36. The van der Waals surface area contributed by atoms with E-state index in [1.807, 2.05) is 12.1 Å². The Morgan fingerprint density at radius 3 is 2.60 bits per heavy atom. The SMILES string of the molecule is CC(O)Cc1ccncc1. The average molecular weight is 137 g/mol. The lowest BCUT2D eigenvalue weighted by Gasteiger charge is -2.01. The highest BCUT2D eigenvalue weighted by Gasteiger charge is 1.95. The number of pyridine rings is 1. The molecule has 1 unspecified atom stereocenters. The van der Waals surface area contributed by atoms with E-state index in [-0.39, 0.29) is 6.10 Å². The minimum atomic E-state index is -0.262. The highest BCUT2D eigenvalue weighted by atomic mass is 16.3. The van der Waals surface area contributed by atoms with Crippen molar-refractivity contribution in [1.29, 1.82) is 0 Å². The maximum atomic E-state index is 8.99. The standard InChI is InChI=1S/C8H11NO/c1-7(10)6-8-2-4-9-5-3-8/h2-5,7,10H,6H2,1H3. The van der Waals surface area contributed by atoms with E-state index in [0.717, 1.165) is 5.56 Å². The Hall–Kier alpha value is -0.890. The molecule has 0 amide bonds. The molecule has 1 atom stereocenters. The zero-order valence-electron chi connectivity index (χ0n) is 5.99. The highest BCUT2D eigenvalue weighted by Crippen LogP contribution is 1.99. The molecule has 1 aromatic rings. The lowest BCUT2D eigenvalue weighted by Crippen LogP contribution is -2.03. The number of hydrogen-bond donors (Lipinski definition) is 1. The van der Waals surface area contributed by atoms with Gasteiger partial charge in [0.2, 0.25) is 0 Å². The van der Waals surface area contributed by atoms with E-state index >= 15 is 0 Å². The van der Waals surface area contributed by atoms with Crippen LogP contribution in [0, 0.1) is 0 Å². The summed E-state index contributed by atoms with van der Waals surface area (Å²) in [6, 6.07) is 3.82. The maximum absolute atomic E-state index is 8.99.